The normalized spacial score (nSPS) is 10.9. The van der Waals surface area contributed by atoms with E-state index in [-0.39, 0.29) is 0 Å². The third kappa shape index (κ3) is 2.44. The van der Waals surface area contributed by atoms with E-state index in [1.54, 1.807) is 0 Å². The molecule has 116 valence electrons. The molecule has 24 heavy (non-hydrogen) atoms. The van der Waals surface area contributed by atoms with Gasteiger partial charge in [0, 0.05) is 10.9 Å². The number of hydrogen-bond acceptors (Lipinski definition) is 1. The minimum Gasteiger partial charge on any atom is -0.461 e. The molecule has 0 radical (unpaired) electrons. The van der Waals surface area contributed by atoms with Gasteiger partial charge < -0.3 is 4.42 Å². The molecule has 0 unspecified atom stereocenters. The lowest BCUT2D eigenvalue weighted by molar-refractivity contribution is 0.577. The molecule has 0 N–H and O–H groups in total. The molecule has 1 aromatic heterocycles. The van der Waals surface area contributed by atoms with E-state index < -0.39 is 0 Å². The molecule has 0 aliphatic rings. The molecular weight excluding hydrogens is 292 g/mol. The Bertz CT molecular complexity index is 1020. The zero-order valence-electron chi connectivity index (χ0n) is 13.6. The average Bonchev–Trinajstić information content (AvgIpc) is 2.96. The highest BCUT2D eigenvalue weighted by molar-refractivity contribution is 5.92. The largest absolute Gasteiger partial charge is 0.461 e. The van der Waals surface area contributed by atoms with E-state index in [1.807, 2.05) is 25.1 Å². The number of benzene rings is 3. The van der Waals surface area contributed by atoms with Crippen LogP contribution in [0.15, 0.2) is 83.8 Å². The van der Waals surface area contributed by atoms with E-state index >= 15 is 0 Å². The fourth-order valence-electron chi connectivity index (χ4n) is 3.18. The fourth-order valence-corrected chi connectivity index (χ4v) is 3.18. The molecule has 4 aromatic rings. The Morgan fingerprint density at radius 1 is 0.750 bits per heavy atom. The molecule has 0 bridgehead atoms. The maximum absolute atomic E-state index is 5.80. The fraction of sp³-hybridized carbons (Fsp3) is 0.0435. The van der Waals surface area contributed by atoms with Gasteiger partial charge in [0.05, 0.1) is 0 Å². The lowest BCUT2D eigenvalue weighted by Gasteiger charge is -2.06. The Morgan fingerprint density at radius 3 is 2.17 bits per heavy atom. The second-order valence-corrected chi connectivity index (χ2v) is 5.93. The summed E-state index contributed by atoms with van der Waals surface area (Å²) in [6.07, 6.45) is 1.87. The van der Waals surface area contributed by atoms with Crippen LogP contribution in [0.3, 0.4) is 0 Å². The number of hydrogen-bond donors (Lipinski definition) is 0. The van der Waals surface area contributed by atoms with Crippen LogP contribution in [0.5, 0.6) is 0 Å². The lowest BCUT2D eigenvalue weighted by atomic mass is 9.98. The minimum atomic E-state index is 0.908. The summed E-state index contributed by atoms with van der Waals surface area (Å²) < 4.78 is 5.80. The number of fused-ring (bicyclic) bond motifs is 1. The molecule has 0 aliphatic heterocycles. The number of aryl methyl sites for hydroxylation is 1. The van der Waals surface area contributed by atoms with Gasteiger partial charge in [-0.3, -0.25) is 0 Å². The van der Waals surface area contributed by atoms with E-state index in [0.717, 1.165) is 22.3 Å². The van der Waals surface area contributed by atoms with Crippen molar-refractivity contribution < 1.29 is 4.42 Å². The maximum Gasteiger partial charge on any atom is 0.134 e. The van der Waals surface area contributed by atoms with Crippen LogP contribution in [-0.2, 0) is 0 Å². The first-order valence-corrected chi connectivity index (χ1v) is 8.08. The van der Waals surface area contributed by atoms with Crippen molar-refractivity contribution in [2.24, 2.45) is 0 Å². The number of rotatable bonds is 3. The summed E-state index contributed by atoms with van der Waals surface area (Å²) in [5.41, 5.74) is 6.82. The molecular formula is C23H18O. The smallest absolute Gasteiger partial charge is 0.134 e. The summed E-state index contributed by atoms with van der Waals surface area (Å²) >= 11 is 0. The highest BCUT2D eigenvalue weighted by Crippen LogP contribution is 2.32. The summed E-state index contributed by atoms with van der Waals surface area (Å²) in [5, 5.41) is 1.12. The Kier molecular flexibility index (Phi) is 3.55. The molecule has 3 aromatic carbocycles. The lowest BCUT2D eigenvalue weighted by Crippen LogP contribution is -1.82. The SMILES string of the molecule is C=Cc1c(C)oc2ccc(-c3cccc(-c4ccccc4)c3)cc12. The van der Waals surface area contributed by atoms with Crippen LogP contribution in [-0.4, -0.2) is 0 Å². The van der Waals surface area contributed by atoms with Gasteiger partial charge in [0.15, 0.2) is 0 Å². The molecule has 0 aliphatic carbocycles. The third-order valence-electron chi connectivity index (χ3n) is 4.42. The van der Waals surface area contributed by atoms with Crippen LogP contribution in [0.4, 0.5) is 0 Å². The highest BCUT2D eigenvalue weighted by Gasteiger charge is 2.10. The van der Waals surface area contributed by atoms with Crippen LogP contribution >= 0.6 is 0 Å². The first-order valence-electron chi connectivity index (χ1n) is 8.08. The molecule has 0 amide bonds. The first-order chi connectivity index (χ1) is 11.8. The summed E-state index contributed by atoms with van der Waals surface area (Å²) in [4.78, 5) is 0. The molecule has 0 spiro atoms. The zero-order chi connectivity index (χ0) is 16.5. The molecule has 1 nitrogen and oxygen atoms in total. The van der Waals surface area contributed by atoms with Crippen LogP contribution in [0, 0.1) is 6.92 Å². The van der Waals surface area contributed by atoms with Crippen LogP contribution in [0.2, 0.25) is 0 Å². The van der Waals surface area contributed by atoms with E-state index in [1.165, 1.54) is 22.3 Å². The third-order valence-corrected chi connectivity index (χ3v) is 4.42. The molecule has 4 rings (SSSR count). The Hall–Kier alpha value is -3.06. The van der Waals surface area contributed by atoms with E-state index in [2.05, 4.69) is 67.2 Å². The Labute approximate surface area is 141 Å². The summed E-state index contributed by atoms with van der Waals surface area (Å²) in [6, 6.07) is 25.4. The van der Waals surface area contributed by atoms with Crippen molar-refractivity contribution in [3.05, 3.63) is 90.7 Å². The van der Waals surface area contributed by atoms with Crippen molar-refractivity contribution >= 4 is 17.0 Å². The molecule has 1 heterocycles. The van der Waals surface area contributed by atoms with Crippen LogP contribution in [0.25, 0.3) is 39.3 Å². The van der Waals surface area contributed by atoms with Crippen molar-refractivity contribution in [2.45, 2.75) is 6.92 Å². The van der Waals surface area contributed by atoms with Gasteiger partial charge in [-0.1, -0.05) is 67.3 Å². The topological polar surface area (TPSA) is 13.1 Å². The van der Waals surface area contributed by atoms with Crippen molar-refractivity contribution in [2.75, 3.05) is 0 Å². The van der Waals surface area contributed by atoms with Gasteiger partial charge in [-0.25, -0.2) is 0 Å². The summed E-state index contributed by atoms with van der Waals surface area (Å²) in [5.74, 6) is 0.912. The predicted molar refractivity (Wildman–Crippen MR) is 102 cm³/mol. The quantitative estimate of drug-likeness (QED) is 0.409. The van der Waals surface area contributed by atoms with Crippen LogP contribution < -0.4 is 0 Å². The standard InChI is InChI=1S/C23H18O/c1-3-21-16(2)24-23-13-12-20(15-22(21)23)19-11-7-10-18(14-19)17-8-5-4-6-9-17/h3-15H,1H2,2H3. The average molecular weight is 310 g/mol. The molecule has 0 saturated carbocycles. The number of furan rings is 1. The van der Waals surface area contributed by atoms with Crippen molar-refractivity contribution in [3.8, 4) is 22.3 Å². The second kappa shape index (κ2) is 5.86. The minimum absolute atomic E-state index is 0.908. The van der Waals surface area contributed by atoms with Gasteiger partial charge >= 0.3 is 0 Å². The predicted octanol–water partition coefficient (Wildman–Crippen LogP) is 6.72. The van der Waals surface area contributed by atoms with Crippen LogP contribution in [0.1, 0.15) is 11.3 Å². The van der Waals surface area contributed by atoms with Crippen molar-refractivity contribution in [3.63, 3.8) is 0 Å². The van der Waals surface area contributed by atoms with Gasteiger partial charge in [-0.2, -0.15) is 0 Å². The molecule has 0 saturated heterocycles. The van der Waals surface area contributed by atoms with E-state index in [0.29, 0.717) is 0 Å². The monoisotopic (exact) mass is 310 g/mol. The van der Waals surface area contributed by atoms with Gasteiger partial charge in [-0.15, -0.1) is 0 Å². The van der Waals surface area contributed by atoms with Gasteiger partial charge in [0.1, 0.15) is 11.3 Å². The summed E-state index contributed by atoms with van der Waals surface area (Å²) in [7, 11) is 0. The highest BCUT2D eigenvalue weighted by atomic mass is 16.3. The van der Waals surface area contributed by atoms with E-state index in [9.17, 15) is 0 Å². The Morgan fingerprint density at radius 2 is 1.42 bits per heavy atom. The first kappa shape index (κ1) is 14.5. The summed E-state index contributed by atoms with van der Waals surface area (Å²) in [6.45, 7) is 5.89. The van der Waals surface area contributed by atoms with Gasteiger partial charge in [0.2, 0.25) is 0 Å². The van der Waals surface area contributed by atoms with Crippen molar-refractivity contribution in [1.29, 1.82) is 0 Å². The Balaban J connectivity index is 1.84. The molecule has 0 atom stereocenters. The molecule has 0 fully saturated rings. The zero-order valence-corrected chi connectivity index (χ0v) is 13.6. The second-order valence-electron chi connectivity index (χ2n) is 5.93. The van der Waals surface area contributed by atoms with Crippen molar-refractivity contribution in [1.82, 2.24) is 0 Å². The van der Waals surface area contributed by atoms with Gasteiger partial charge in [-0.05, 0) is 47.4 Å². The van der Waals surface area contributed by atoms with Gasteiger partial charge in [0.25, 0.3) is 0 Å². The maximum atomic E-state index is 5.80. The van der Waals surface area contributed by atoms with E-state index in [4.69, 9.17) is 4.42 Å². The molecule has 1 heteroatoms.